The van der Waals surface area contributed by atoms with E-state index in [1.54, 1.807) is 49.6 Å². The first kappa shape index (κ1) is 19.1. The molecule has 1 aromatic heterocycles. The van der Waals surface area contributed by atoms with Crippen molar-refractivity contribution in [2.24, 2.45) is 0 Å². The predicted molar refractivity (Wildman–Crippen MR) is 110 cm³/mol. The molecule has 0 spiro atoms. The Morgan fingerprint density at radius 3 is 2.38 bits per heavy atom. The number of halogens is 2. The van der Waals surface area contributed by atoms with Crippen molar-refractivity contribution in [3.05, 3.63) is 94.3 Å². The van der Waals surface area contributed by atoms with E-state index in [1.807, 2.05) is 6.07 Å². The molecule has 0 aliphatic rings. The molecule has 0 saturated heterocycles. The molecule has 0 atom stereocenters. The van der Waals surface area contributed by atoms with Gasteiger partial charge in [-0.05, 0) is 54.1 Å². The van der Waals surface area contributed by atoms with Crippen LogP contribution in [0.2, 0.25) is 0 Å². The van der Waals surface area contributed by atoms with Gasteiger partial charge >= 0.3 is 0 Å². The largest absolute Gasteiger partial charge is 0.497 e. The molecule has 0 bridgehead atoms. The van der Waals surface area contributed by atoms with Crippen molar-refractivity contribution in [1.29, 1.82) is 0 Å². The number of fused-ring (bicyclic) bond motifs is 1. The predicted octanol–water partition coefficient (Wildman–Crippen LogP) is 4.96. The van der Waals surface area contributed by atoms with Gasteiger partial charge in [0, 0.05) is 11.8 Å². The minimum absolute atomic E-state index is 0.214. The first-order chi connectivity index (χ1) is 14.0. The van der Waals surface area contributed by atoms with E-state index < -0.39 is 11.6 Å². The highest BCUT2D eigenvalue weighted by atomic mass is 32.2. The normalized spacial score (nSPS) is 11.0. The van der Waals surface area contributed by atoms with Gasteiger partial charge in [0.15, 0.2) is 5.16 Å². The van der Waals surface area contributed by atoms with Crippen molar-refractivity contribution in [2.75, 3.05) is 7.11 Å². The van der Waals surface area contributed by atoms with Gasteiger partial charge in [0.2, 0.25) is 0 Å². The van der Waals surface area contributed by atoms with E-state index in [1.165, 1.54) is 28.5 Å². The lowest BCUT2D eigenvalue weighted by Crippen LogP contribution is -2.21. The van der Waals surface area contributed by atoms with Crippen LogP contribution in [-0.2, 0) is 5.75 Å². The number of methoxy groups -OCH3 is 1. The zero-order chi connectivity index (χ0) is 20.4. The van der Waals surface area contributed by atoms with E-state index in [2.05, 4.69) is 4.98 Å². The van der Waals surface area contributed by atoms with E-state index in [0.717, 1.165) is 6.07 Å². The summed E-state index contributed by atoms with van der Waals surface area (Å²) in [6.45, 7) is 0. The molecule has 0 amide bonds. The zero-order valence-corrected chi connectivity index (χ0v) is 16.2. The van der Waals surface area contributed by atoms with E-state index in [9.17, 15) is 13.6 Å². The maximum Gasteiger partial charge on any atom is 0.266 e. The van der Waals surface area contributed by atoms with Gasteiger partial charge in [-0.15, -0.1) is 0 Å². The number of hydrogen-bond acceptors (Lipinski definition) is 4. The molecule has 4 nitrogen and oxygen atoms in total. The highest BCUT2D eigenvalue weighted by molar-refractivity contribution is 7.98. The summed E-state index contributed by atoms with van der Waals surface area (Å²) in [5.41, 5.74) is 1.45. The van der Waals surface area contributed by atoms with Gasteiger partial charge < -0.3 is 4.74 Å². The lowest BCUT2D eigenvalue weighted by Gasteiger charge is -2.14. The molecule has 3 aromatic carbocycles. The van der Waals surface area contributed by atoms with Crippen molar-refractivity contribution in [1.82, 2.24) is 9.55 Å². The molecular weight excluding hydrogens is 394 g/mol. The maximum atomic E-state index is 13.5. The highest BCUT2D eigenvalue weighted by Gasteiger charge is 2.14. The summed E-state index contributed by atoms with van der Waals surface area (Å²) in [5, 5.41) is 0.924. The summed E-state index contributed by atoms with van der Waals surface area (Å²) in [6.07, 6.45) is 0. The van der Waals surface area contributed by atoms with Crippen LogP contribution in [0, 0.1) is 11.6 Å². The van der Waals surface area contributed by atoms with Gasteiger partial charge in [0.1, 0.15) is 17.4 Å². The molecular formula is C22H16F2N2O2S. The second kappa shape index (κ2) is 8.05. The maximum absolute atomic E-state index is 13.5. The van der Waals surface area contributed by atoms with Crippen LogP contribution in [0.3, 0.4) is 0 Å². The molecule has 0 radical (unpaired) electrons. The number of rotatable bonds is 5. The lowest BCUT2D eigenvalue weighted by molar-refractivity contribution is 0.414. The van der Waals surface area contributed by atoms with Crippen LogP contribution in [0.5, 0.6) is 5.75 Å². The number of benzene rings is 3. The molecule has 0 N–H and O–H groups in total. The average molecular weight is 410 g/mol. The molecule has 146 valence electrons. The lowest BCUT2D eigenvalue weighted by atomic mass is 10.2. The number of nitrogens with zero attached hydrogens (tertiary/aromatic N) is 2. The Labute approximate surface area is 169 Å². The topological polar surface area (TPSA) is 44.1 Å². The smallest absolute Gasteiger partial charge is 0.266 e. The Hall–Kier alpha value is -3.19. The Morgan fingerprint density at radius 1 is 1.00 bits per heavy atom. The monoisotopic (exact) mass is 410 g/mol. The minimum Gasteiger partial charge on any atom is -0.497 e. The molecule has 0 unspecified atom stereocenters. The first-order valence-corrected chi connectivity index (χ1v) is 9.78. The van der Waals surface area contributed by atoms with Crippen LogP contribution in [0.4, 0.5) is 8.78 Å². The fourth-order valence-electron chi connectivity index (χ4n) is 3.01. The quantitative estimate of drug-likeness (QED) is 0.344. The molecule has 4 rings (SSSR count). The van der Waals surface area contributed by atoms with Gasteiger partial charge in [-0.2, -0.15) is 0 Å². The molecule has 29 heavy (non-hydrogen) atoms. The van der Waals surface area contributed by atoms with Gasteiger partial charge in [-0.25, -0.2) is 13.8 Å². The van der Waals surface area contributed by atoms with Crippen LogP contribution in [0.1, 0.15) is 5.56 Å². The van der Waals surface area contributed by atoms with Gasteiger partial charge in [-0.1, -0.05) is 23.9 Å². The second-order valence-corrected chi connectivity index (χ2v) is 7.26. The fourth-order valence-corrected chi connectivity index (χ4v) is 3.95. The third-order valence-corrected chi connectivity index (χ3v) is 5.38. The Balaban J connectivity index is 1.81. The van der Waals surface area contributed by atoms with Crippen LogP contribution in [0.25, 0.3) is 16.6 Å². The van der Waals surface area contributed by atoms with Crippen LogP contribution >= 0.6 is 11.8 Å². The third kappa shape index (κ3) is 4.00. The number of hydrogen-bond donors (Lipinski definition) is 0. The van der Waals surface area contributed by atoms with Crippen molar-refractivity contribution in [3.63, 3.8) is 0 Å². The van der Waals surface area contributed by atoms with Gasteiger partial charge in [-0.3, -0.25) is 9.36 Å². The van der Waals surface area contributed by atoms with Crippen LogP contribution in [0.15, 0.2) is 76.7 Å². The first-order valence-electron chi connectivity index (χ1n) is 8.79. The van der Waals surface area contributed by atoms with Gasteiger partial charge in [0.25, 0.3) is 5.56 Å². The molecule has 7 heteroatoms. The minimum atomic E-state index is -0.639. The number of ether oxygens (including phenoxy) is 1. The Kier molecular flexibility index (Phi) is 5.31. The molecule has 0 aliphatic heterocycles. The molecule has 0 fully saturated rings. The van der Waals surface area contributed by atoms with Crippen molar-refractivity contribution in [2.45, 2.75) is 10.9 Å². The highest BCUT2D eigenvalue weighted by Crippen LogP contribution is 2.26. The molecule has 0 saturated carbocycles. The fraction of sp³-hybridized carbons (Fsp3) is 0.0909. The second-order valence-electron chi connectivity index (χ2n) is 6.32. The van der Waals surface area contributed by atoms with Gasteiger partial charge in [0.05, 0.1) is 23.7 Å². The van der Waals surface area contributed by atoms with Crippen molar-refractivity contribution < 1.29 is 13.5 Å². The average Bonchev–Trinajstić information content (AvgIpc) is 2.72. The number of aromatic nitrogens is 2. The van der Waals surface area contributed by atoms with E-state index >= 15 is 0 Å². The Bertz CT molecular complexity index is 1220. The van der Waals surface area contributed by atoms with E-state index in [4.69, 9.17) is 4.74 Å². The summed E-state index contributed by atoms with van der Waals surface area (Å²) >= 11 is 1.24. The standard InChI is InChI=1S/C22H16F2N2O2S/c1-28-18-8-6-17(7-9-18)26-21(27)19-4-2-3-5-20(19)25-22(26)29-13-14-10-15(23)12-16(24)11-14/h2-12H,13H2,1H3. The summed E-state index contributed by atoms with van der Waals surface area (Å²) in [6, 6.07) is 17.5. The van der Waals surface area contributed by atoms with Crippen LogP contribution < -0.4 is 10.3 Å². The summed E-state index contributed by atoms with van der Waals surface area (Å²) < 4.78 is 33.7. The molecule has 4 aromatic rings. The van der Waals surface area contributed by atoms with Crippen LogP contribution in [-0.4, -0.2) is 16.7 Å². The summed E-state index contributed by atoms with van der Waals surface area (Å²) in [5.74, 6) is -0.352. The van der Waals surface area contributed by atoms with Crippen molar-refractivity contribution in [3.8, 4) is 11.4 Å². The van der Waals surface area contributed by atoms with Crippen molar-refractivity contribution >= 4 is 22.7 Å². The zero-order valence-electron chi connectivity index (χ0n) is 15.4. The number of para-hydroxylation sites is 1. The van der Waals surface area contributed by atoms with E-state index in [0.29, 0.717) is 33.1 Å². The Morgan fingerprint density at radius 2 is 1.69 bits per heavy atom. The van der Waals surface area contributed by atoms with E-state index in [-0.39, 0.29) is 11.3 Å². The molecule has 0 aliphatic carbocycles. The summed E-state index contributed by atoms with van der Waals surface area (Å²) in [4.78, 5) is 17.8. The number of thioether (sulfide) groups is 1. The molecule has 1 heterocycles. The third-order valence-electron chi connectivity index (χ3n) is 4.37. The summed E-state index contributed by atoms with van der Waals surface area (Å²) in [7, 11) is 1.57. The SMILES string of the molecule is COc1ccc(-n2c(SCc3cc(F)cc(F)c3)nc3ccccc3c2=O)cc1.